The van der Waals surface area contributed by atoms with E-state index >= 15 is 0 Å². The number of amides is 1. The summed E-state index contributed by atoms with van der Waals surface area (Å²) >= 11 is 1.60. The van der Waals surface area contributed by atoms with Crippen LogP contribution in [0.2, 0.25) is 0 Å². The Bertz CT molecular complexity index is 1220. The third kappa shape index (κ3) is 6.04. The van der Waals surface area contributed by atoms with Crippen molar-refractivity contribution >= 4 is 38.6 Å². The zero-order chi connectivity index (χ0) is 24.1. The predicted molar refractivity (Wildman–Crippen MR) is 138 cm³/mol. The van der Waals surface area contributed by atoms with Crippen LogP contribution in [-0.2, 0) is 16.4 Å². The van der Waals surface area contributed by atoms with Gasteiger partial charge in [-0.15, -0.1) is 11.3 Å². The van der Waals surface area contributed by atoms with Gasteiger partial charge < -0.3 is 15.1 Å². The fourth-order valence-corrected chi connectivity index (χ4v) is 5.62. The molecule has 1 aliphatic heterocycles. The molecule has 1 aliphatic rings. The van der Waals surface area contributed by atoms with Crippen LogP contribution in [0, 0.1) is 6.92 Å². The highest BCUT2D eigenvalue weighted by Gasteiger charge is 2.17. The van der Waals surface area contributed by atoms with Crippen LogP contribution in [0.1, 0.15) is 20.8 Å². The molecule has 2 heterocycles. The van der Waals surface area contributed by atoms with Crippen molar-refractivity contribution in [2.24, 2.45) is 0 Å². The number of hydrogen-bond donors (Lipinski definition) is 2. The van der Waals surface area contributed by atoms with Gasteiger partial charge in [0, 0.05) is 54.5 Å². The van der Waals surface area contributed by atoms with Crippen molar-refractivity contribution in [3.05, 3.63) is 76.0 Å². The first kappa shape index (κ1) is 24.4. The van der Waals surface area contributed by atoms with Gasteiger partial charge in [0.1, 0.15) is 0 Å². The van der Waals surface area contributed by atoms with E-state index in [1.165, 1.54) is 24.3 Å². The molecule has 4 rings (SSSR count). The zero-order valence-electron chi connectivity index (χ0n) is 19.5. The van der Waals surface area contributed by atoms with E-state index < -0.39 is 10.0 Å². The minimum atomic E-state index is -3.63. The summed E-state index contributed by atoms with van der Waals surface area (Å²) in [6, 6.07) is 16.0. The van der Waals surface area contributed by atoms with Crippen LogP contribution >= 0.6 is 11.3 Å². The van der Waals surface area contributed by atoms with Crippen LogP contribution in [0.3, 0.4) is 0 Å². The molecule has 2 aromatic carbocycles. The van der Waals surface area contributed by atoms with Crippen molar-refractivity contribution in [3.63, 3.8) is 0 Å². The van der Waals surface area contributed by atoms with E-state index in [2.05, 4.69) is 33.0 Å². The van der Waals surface area contributed by atoms with Crippen LogP contribution in [0.5, 0.6) is 0 Å². The second kappa shape index (κ2) is 10.7. The van der Waals surface area contributed by atoms with Gasteiger partial charge in [-0.2, -0.15) is 0 Å². The maximum atomic E-state index is 12.8. The van der Waals surface area contributed by atoms with Gasteiger partial charge in [-0.05, 0) is 79.9 Å². The number of anilines is 2. The van der Waals surface area contributed by atoms with Crippen molar-refractivity contribution in [2.45, 2.75) is 18.2 Å². The number of aryl methyl sites for hydroxylation is 1. The maximum Gasteiger partial charge on any atom is 0.255 e. The van der Waals surface area contributed by atoms with E-state index in [1.807, 2.05) is 36.6 Å². The van der Waals surface area contributed by atoms with E-state index in [1.54, 1.807) is 11.3 Å². The van der Waals surface area contributed by atoms with Crippen molar-refractivity contribution in [1.82, 2.24) is 9.62 Å². The number of sulfonamides is 1. The SMILES string of the molecule is Cc1cc(N2CCN(C)CC2)ccc1NC(=O)c1ccc(S(=O)(=O)NCCc2cccs2)cc1. The lowest BCUT2D eigenvalue weighted by Gasteiger charge is -2.34. The van der Waals surface area contributed by atoms with Gasteiger partial charge in [0.15, 0.2) is 0 Å². The first-order chi connectivity index (χ1) is 16.3. The molecule has 3 aromatic rings. The molecule has 0 radical (unpaired) electrons. The monoisotopic (exact) mass is 498 g/mol. The number of nitrogens with zero attached hydrogens (tertiary/aromatic N) is 2. The summed E-state index contributed by atoms with van der Waals surface area (Å²) < 4.78 is 27.7. The number of carbonyl (C=O) groups is 1. The predicted octanol–water partition coefficient (Wildman–Crippen LogP) is 3.58. The summed E-state index contributed by atoms with van der Waals surface area (Å²) in [4.78, 5) is 18.7. The standard InChI is InChI=1S/C25H30N4O3S2/c1-19-18-21(29-15-13-28(2)14-16-29)7-10-24(19)27-25(30)20-5-8-23(9-6-20)34(31,32)26-12-11-22-4-3-17-33-22/h3-10,17-18,26H,11-16H2,1-2H3,(H,27,30). The summed E-state index contributed by atoms with van der Waals surface area (Å²) in [7, 11) is -1.49. The topological polar surface area (TPSA) is 81.8 Å². The molecule has 0 spiro atoms. The largest absolute Gasteiger partial charge is 0.369 e. The van der Waals surface area contributed by atoms with E-state index in [4.69, 9.17) is 0 Å². The summed E-state index contributed by atoms with van der Waals surface area (Å²) in [6.07, 6.45) is 0.643. The van der Waals surface area contributed by atoms with Crippen LogP contribution < -0.4 is 14.9 Å². The van der Waals surface area contributed by atoms with E-state index in [0.717, 1.165) is 48.0 Å². The number of nitrogens with one attached hydrogen (secondary N) is 2. The molecule has 9 heteroatoms. The van der Waals surface area contributed by atoms with E-state index in [9.17, 15) is 13.2 Å². The quantitative estimate of drug-likeness (QED) is 0.496. The number of benzene rings is 2. The van der Waals surface area contributed by atoms with Gasteiger partial charge in [-0.25, -0.2) is 13.1 Å². The van der Waals surface area contributed by atoms with Gasteiger partial charge >= 0.3 is 0 Å². The van der Waals surface area contributed by atoms with Gasteiger partial charge in [0.05, 0.1) is 4.90 Å². The number of carbonyl (C=O) groups excluding carboxylic acids is 1. The maximum absolute atomic E-state index is 12.8. The number of thiophene rings is 1. The van der Waals surface area contributed by atoms with Crippen molar-refractivity contribution < 1.29 is 13.2 Å². The molecule has 7 nitrogen and oxygen atoms in total. The Morgan fingerprint density at radius 3 is 2.41 bits per heavy atom. The van der Waals surface area contributed by atoms with Crippen LogP contribution in [0.15, 0.2) is 64.9 Å². The average molecular weight is 499 g/mol. The highest BCUT2D eigenvalue weighted by atomic mass is 32.2. The smallest absolute Gasteiger partial charge is 0.255 e. The Morgan fingerprint density at radius 2 is 1.76 bits per heavy atom. The molecular weight excluding hydrogens is 468 g/mol. The third-order valence-electron chi connectivity index (χ3n) is 6.00. The molecule has 1 saturated heterocycles. The molecule has 1 aromatic heterocycles. The van der Waals surface area contributed by atoms with Crippen LogP contribution in [0.4, 0.5) is 11.4 Å². The molecule has 0 atom stereocenters. The summed E-state index contributed by atoms with van der Waals surface area (Å²) in [5, 5.41) is 4.91. The second-order valence-electron chi connectivity index (χ2n) is 8.50. The Labute approximate surface area is 205 Å². The third-order valence-corrected chi connectivity index (χ3v) is 8.41. The van der Waals surface area contributed by atoms with Crippen molar-refractivity contribution in [3.8, 4) is 0 Å². The Hall–Kier alpha value is -2.72. The molecule has 0 unspecified atom stereocenters. The Balaban J connectivity index is 1.36. The van der Waals surface area contributed by atoms with Crippen molar-refractivity contribution in [1.29, 1.82) is 0 Å². The summed E-state index contributed by atoms with van der Waals surface area (Å²) in [6.45, 7) is 6.35. The summed E-state index contributed by atoms with van der Waals surface area (Å²) in [5.41, 5.74) is 3.29. The molecular formula is C25H30N4O3S2. The van der Waals surface area contributed by atoms with E-state index in [0.29, 0.717) is 18.5 Å². The van der Waals surface area contributed by atoms with Gasteiger partial charge in [0.2, 0.25) is 10.0 Å². The minimum Gasteiger partial charge on any atom is -0.369 e. The van der Waals surface area contributed by atoms with Crippen molar-refractivity contribution in [2.75, 3.05) is 50.0 Å². The second-order valence-corrected chi connectivity index (χ2v) is 11.3. The fraction of sp³-hybridized carbons (Fsp3) is 0.320. The van der Waals surface area contributed by atoms with Gasteiger partial charge in [-0.3, -0.25) is 4.79 Å². The normalized spacial score (nSPS) is 14.8. The molecule has 0 saturated carbocycles. The molecule has 0 aliphatic carbocycles. The molecule has 180 valence electrons. The summed E-state index contributed by atoms with van der Waals surface area (Å²) in [5.74, 6) is -0.273. The molecule has 2 N–H and O–H groups in total. The first-order valence-corrected chi connectivity index (χ1v) is 13.7. The zero-order valence-corrected chi connectivity index (χ0v) is 21.1. The van der Waals surface area contributed by atoms with Gasteiger partial charge in [-0.1, -0.05) is 6.07 Å². The lowest BCUT2D eigenvalue weighted by atomic mass is 10.1. The molecule has 1 fully saturated rings. The lowest BCUT2D eigenvalue weighted by Crippen LogP contribution is -2.44. The Kier molecular flexibility index (Phi) is 7.67. The highest BCUT2D eigenvalue weighted by molar-refractivity contribution is 7.89. The first-order valence-electron chi connectivity index (χ1n) is 11.3. The lowest BCUT2D eigenvalue weighted by molar-refractivity contribution is 0.102. The Morgan fingerprint density at radius 1 is 1.03 bits per heavy atom. The average Bonchev–Trinajstić information content (AvgIpc) is 3.34. The highest BCUT2D eigenvalue weighted by Crippen LogP contribution is 2.24. The number of hydrogen-bond acceptors (Lipinski definition) is 6. The van der Waals surface area contributed by atoms with E-state index in [-0.39, 0.29) is 10.8 Å². The van der Waals surface area contributed by atoms with Crippen LogP contribution in [-0.4, -0.2) is 59.0 Å². The molecule has 34 heavy (non-hydrogen) atoms. The number of likely N-dealkylation sites (N-methyl/N-ethyl adjacent to an activating group) is 1. The van der Waals surface area contributed by atoms with Gasteiger partial charge in [0.25, 0.3) is 5.91 Å². The minimum absolute atomic E-state index is 0.142. The molecule has 0 bridgehead atoms. The fourth-order valence-electron chi connectivity index (χ4n) is 3.88. The van der Waals surface area contributed by atoms with Crippen LogP contribution in [0.25, 0.3) is 0 Å². The number of rotatable bonds is 8. The molecule has 1 amide bonds. The number of piperazine rings is 1.